The van der Waals surface area contributed by atoms with E-state index in [0.717, 1.165) is 18.5 Å². The molecule has 0 aromatic heterocycles. The van der Waals surface area contributed by atoms with Crippen molar-refractivity contribution < 1.29 is 14.3 Å². The molecule has 1 N–H and O–H groups in total. The first-order valence-corrected chi connectivity index (χ1v) is 7.19. The van der Waals surface area contributed by atoms with E-state index in [1.807, 2.05) is 6.92 Å². The molecular formula is C16H22FNO2. The fraction of sp³-hybridized carbons (Fsp3) is 0.562. The van der Waals surface area contributed by atoms with Crippen LogP contribution in [-0.4, -0.2) is 35.1 Å². The predicted octanol–water partition coefficient (Wildman–Crippen LogP) is 2.94. The van der Waals surface area contributed by atoms with Crippen LogP contribution in [0.5, 0.6) is 0 Å². The van der Waals surface area contributed by atoms with E-state index >= 15 is 0 Å². The number of likely N-dealkylation sites (tertiary alicyclic amines) is 1. The van der Waals surface area contributed by atoms with E-state index in [4.69, 9.17) is 0 Å². The zero-order chi connectivity index (χ0) is 14.8. The molecule has 0 amide bonds. The highest BCUT2D eigenvalue weighted by molar-refractivity contribution is 5.75. The highest BCUT2D eigenvalue weighted by Gasteiger charge is 2.44. The van der Waals surface area contributed by atoms with Crippen LogP contribution in [0.3, 0.4) is 0 Å². The molecule has 1 saturated heterocycles. The summed E-state index contributed by atoms with van der Waals surface area (Å²) in [6.07, 6.45) is 2.20. The highest BCUT2D eigenvalue weighted by atomic mass is 19.1. The number of carboxylic acids is 1. The second kappa shape index (κ2) is 5.92. The van der Waals surface area contributed by atoms with Gasteiger partial charge in [0.1, 0.15) is 5.82 Å². The van der Waals surface area contributed by atoms with Gasteiger partial charge >= 0.3 is 5.97 Å². The van der Waals surface area contributed by atoms with Crippen LogP contribution in [0.4, 0.5) is 4.39 Å². The average Bonchev–Trinajstić information content (AvgIpc) is 2.87. The smallest absolute Gasteiger partial charge is 0.310 e. The van der Waals surface area contributed by atoms with Gasteiger partial charge < -0.3 is 5.11 Å². The van der Waals surface area contributed by atoms with Gasteiger partial charge in [-0.3, -0.25) is 9.69 Å². The number of carboxylic acid groups (broad SMARTS) is 1. The van der Waals surface area contributed by atoms with Gasteiger partial charge in [0.15, 0.2) is 0 Å². The maximum atomic E-state index is 12.9. The van der Waals surface area contributed by atoms with Crippen LogP contribution in [-0.2, 0) is 11.2 Å². The second-order valence-electron chi connectivity index (χ2n) is 5.84. The van der Waals surface area contributed by atoms with Gasteiger partial charge in [-0.1, -0.05) is 19.1 Å². The van der Waals surface area contributed by atoms with E-state index in [1.54, 1.807) is 12.1 Å². The Bertz CT molecular complexity index is 474. The van der Waals surface area contributed by atoms with Crippen LogP contribution in [0.1, 0.15) is 32.3 Å². The third-order valence-electron chi connectivity index (χ3n) is 4.58. The molecule has 0 bridgehead atoms. The summed E-state index contributed by atoms with van der Waals surface area (Å²) in [7, 11) is 0. The molecule has 3 nitrogen and oxygen atoms in total. The number of rotatable bonds is 5. The van der Waals surface area contributed by atoms with Gasteiger partial charge in [-0.05, 0) is 50.4 Å². The molecular weight excluding hydrogens is 257 g/mol. The number of carbonyl (C=O) groups is 1. The first-order chi connectivity index (χ1) is 9.47. The molecule has 0 radical (unpaired) electrons. The van der Waals surface area contributed by atoms with Gasteiger partial charge in [0.05, 0.1) is 5.41 Å². The second-order valence-corrected chi connectivity index (χ2v) is 5.84. The third-order valence-corrected chi connectivity index (χ3v) is 4.58. The lowest BCUT2D eigenvalue weighted by Crippen LogP contribution is -2.38. The van der Waals surface area contributed by atoms with Crippen molar-refractivity contribution in [2.45, 2.75) is 39.2 Å². The standard InChI is InChI=1S/C16H22FNO2/c1-3-16(15(19)20)8-9-18(11-16)12(2)10-13-4-6-14(17)7-5-13/h4-7,12H,3,8-11H2,1-2H3,(H,19,20). The average molecular weight is 279 g/mol. The number of halogens is 1. The molecule has 1 fully saturated rings. The van der Waals surface area contributed by atoms with Gasteiger partial charge in [0, 0.05) is 12.6 Å². The molecule has 2 rings (SSSR count). The molecule has 1 aliphatic rings. The minimum Gasteiger partial charge on any atom is -0.481 e. The molecule has 1 heterocycles. The lowest BCUT2D eigenvalue weighted by molar-refractivity contribution is -0.148. The van der Waals surface area contributed by atoms with E-state index in [-0.39, 0.29) is 11.9 Å². The lowest BCUT2D eigenvalue weighted by Gasteiger charge is -2.27. The van der Waals surface area contributed by atoms with E-state index in [9.17, 15) is 14.3 Å². The summed E-state index contributed by atoms with van der Waals surface area (Å²) < 4.78 is 12.9. The van der Waals surface area contributed by atoms with Crippen LogP contribution < -0.4 is 0 Å². The van der Waals surface area contributed by atoms with Gasteiger partial charge in [-0.25, -0.2) is 4.39 Å². The van der Waals surface area contributed by atoms with Gasteiger partial charge in [0.2, 0.25) is 0 Å². The summed E-state index contributed by atoms with van der Waals surface area (Å²) in [5.41, 5.74) is 0.500. The maximum absolute atomic E-state index is 12.9. The van der Waals surface area contributed by atoms with Gasteiger partial charge in [-0.15, -0.1) is 0 Å². The van der Waals surface area contributed by atoms with Crippen molar-refractivity contribution in [2.75, 3.05) is 13.1 Å². The Balaban J connectivity index is 1.99. The fourth-order valence-electron chi connectivity index (χ4n) is 2.99. The van der Waals surface area contributed by atoms with Crippen LogP contribution in [0.25, 0.3) is 0 Å². The Morgan fingerprint density at radius 2 is 2.10 bits per heavy atom. The van der Waals surface area contributed by atoms with Crippen LogP contribution in [0.15, 0.2) is 24.3 Å². The minimum absolute atomic E-state index is 0.224. The monoisotopic (exact) mass is 279 g/mol. The number of hydrogen-bond acceptors (Lipinski definition) is 2. The Morgan fingerprint density at radius 3 is 2.60 bits per heavy atom. The lowest BCUT2D eigenvalue weighted by atomic mass is 9.84. The van der Waals surface area contributed by atoms with Crippen LogP contribution in [0.2, 0.25) is 0 Å². The Hall–Kier alpha value is -1.42. The fourth-order valence-corrected chi connectivity index (χ4v) is 2.99. The van der Waals surface area contributed by atoms with E-state index in [2.05, 4.69) is 11.8 Å². The maximum Gasteiger partial charge on any atom is 0.310 e. The summed E-state index contributed by atoms with van der Waals surface area (Å²) in [6, 6.07) is 6.81. The first-order valence-electron chi connectivity index (χ1n) is 7.19. The van der Waals surface area contributed by atoms with Gasteiger partial charge in [-0.2, -0.15) is 0 Å². The summed E-state index contributed by atoms with van der Waals surface area (Å²) in [4.78, 5) is 13.7. The molecule has 2 unspecified atom stereocenters. The molecule has 20 heavy (non-hydrogen) atoms. The molecule has 0 saturated carbocycles. The number of hydrogen-bond donors (Lipinski definition) is 1. The van der Waals surface area contributed by atoms with Crippen molar-refractivity contribution in [3.8, 4) is 0 Å². The first kappa shape index (κ1) is 15.0. The summed E-state index contributed by atoms with van der Waals surface area (Å²) in [5.74, 6) is -0.907. The topological polar surface area (TPSA) is 40.5 Å². The molecule has 1 aliphatic heterocycles. The third kappa shape index (κ3) is 3.01. The quantitative estimate of drug-likeness (QED) is 0.901. The number of aliphatic carboxylic acids is 1. The van der Waals surface area contributed by atoms with E-state index < -0.39 is 11.4 Å². The molecule has 110 valence electrons. The zero-order valence-electron chi connectivity index (χ0n) is 12.1. The highest BCUT2D eigenvalue weighted by Crippen LogP contribution is 2.35. The van der Waals surface area contributed by atoms with E-state index in [1.165, 1.54) is 12.1 Å². The molecule has 0 aliphatic carbocycles. The molecule has 2 atom stereocenters. The Morgan fingerprint density at radius 1 is 1.45 bits per heavy atom. The largest absolute Gasteiger partial charge is 0.481 e. The minimum atomic E-state index is -0.684. The normalized spacial score (nSPS) is 24.8. The Kier molecular flexibility index (Phi) is 4.43. The van der Waals surface area contributed by atoms with Crippen molar-refractivity contribution in [3.05, 3.63) is 35.6 Å². The molecule has 0 spiro atoms. The summed E-state index contributed by atoms with van der Waals surface area (Å²) in [5, 5.41) is 9.42. The Labute approximate surface area is 119 Å². The summed E-state index contributed by atoms with van der Waals surface area (Å²) in [6.45, 7) is 5.49. The van der Waals surface area contributed by atoms with E-state index in [0.29, 0.717) is 19.4 Å². The van der Waals surface area contributed by atoms with Gasteiger partial charge in [0.25, 0.3) is 0 Å². The zero-order valence-corrected chi connectivity index (χ0v) is 12.1. The van der Waals surface area contributed by atoms with Crippen LogP contribution in [0, 0.1) is 11.2 Å². The predicted molar refractivity (Wildman–Crippen MR) is 76.1 cm³/mol. The van der Waals surface area contributed by atoms with Crippen molar-refractivity contribution in [1.82, 2.24) is 4.90 Å². The number of benzene rings is 1. The SMILES string of the molecule is CCC1(C(=O)O)CCN(C(C)Cc2ccc(F)cc2)C1. The summed E-state index contributed by atoms with van der Waals surface area (Å²) >= 11 is 0. The number of nitrogens with zero attached hydrogens (tertiary/aromatic N) is 1. The molecule has 1 aromatic rings. The van der Waals surface area contributed by atoms with Crippen molar-refractivity contribution in [3.63, 3.8) is 0 Å². The van der Waals surface area contributed by atoms with Crippen molar-refractivity contribution >= 4 is 5.97 Å². The van der Waals surface area contributed by atoms with Crippen LogP contribution >= 0.6 is 0 Å². The molecule has 4 heteroatoms. The van der Waals surface area contributed by atoms with Crippen molar-refractivity contribution in [2.24, 2.45) is 5.41 Å². The molecule has 1 aromatic carbocycles. The van der Waals surface area contributed by atoms with Crippen molar-refractivity contribution in [1.29, 1.82) is 0 Å².